The van der Waals surface area contributed by atoms with Crippen LogP contribution in [0, 0.1) is 0 Å². The number of aryl methyl sites for hydroxylation is 1. The highest BCUT2D eigenvalue weighted by molar-refractivity contribution is 5.79. The first kappa shape index (κ1) is 17.4. The second-order valence-corrected chi connectivity index (χ2v) is 5.08. The zero-order valence-corrected chi connectivity index (χ0v) is 13.8. The summed E-state index contributed by atoms with van der Waals surface area (Å²) in [6.45, 7) is 8.68. The van der Waals surface area contributed by atoms with Gasteiger partial charge in [0.1, 0.15) is 18.7 Å². The Morgan fingerprint density at radius 3 is 2.76 bits per heavy atom. The number of rotatable bonds is 9. The van der Waals surface area contributed by atoms with Crippen molar-refractivity contribution in [3.8, 4) is 0 Å². The lowest BCUT2D eigenvalue weighted by Gasteiger charge is -2.17. The van der Waals surface area contributed by atoms with Crippen molar-refractivity contribution < 1.29 is 0 Å². The van der Waals surface area contributed by atoms with Crippen molar-refractivity contribution >= 4 is 5.96 Å². The van der Waals surface area contributed by atoms with Crippen LogP contribution >= 0.6 is 0 Å². The quantitative estimate of drug-likeness (QED) is 0.516. The summed E-state index contributed by atoms with van der Waals surface area (Å²) in [6.07, 6.45) is 4.03. The molecule has 0 atom stereocenters. The van der Waals surface area contributed by atoms with Crippen LogP contribution in [0.3, 0.4) is 0 Å². The van der Waals surface area contributed by atoms with Gasteiger partial charge in [0.25, 0.3) is 0 Å². The molecule has 7 nitrogen and oxygen atoms in total. The van der Waals surface area contributed by atoms with Crippen LogP contribution in [-0.4, -0.2) is 58.9 Å². The average Bonchev–Trinajstić information content (AvgIpc) is 2.88. The number of hydrogen-bond donors (Lipinski definition) is 2. The largest absolute Gasteiger partial charge is 0.357 e. The van der Waals surface area contributed by atoms with E-state index in [1.807, 2.05) is 7.05 Å². The highest BCUT2D eigenvalue weighted by Crippen LogP contribution is 1.93. The Bertz CT molecular complexity index is 413. The van der Waals surface area contributed by atoms with Crippen molar-refractivity contribution in [1.29, 1.82) is 0 Å². The van der Waals surface area contributed by atoms with E-state index >= 15 is 0 Å². The van der Waals surface area contributed by atoms with Gasteiger partial charge in [-0.1, -0.05) is 13.3 Å². The van der Waals surface area contributed by atoms with E-state index in [0.717, 1.165) is 38.0 Å². The van der Waals surface area contributed by atoms with Crippen molar-refractivity contribution in [3.63, 3.8) is 0 Å². The van der Waals surface area contributed by atoms with Crippen molar-refractivity contribution in [2.24, 2.45) is 12.0 Å². The zero-order valence-electron chi connectivity index (χ0n) is 13.8. The summed E-state index contributed by atoms with van der Waals surface area (Å²) >= 11 is 0. The molecule has 1 heterocycles. The van der Waals surface area contributed by atoms with E-state index < -0.39 is 0 Å². The lowest BCUT2D eigenvalue weighted by Crippen LogP contribution is -2.41. The maximum atomic E-state index is 4.53. The number of aromatic nitrogens is 3. The zero-order chi connectivity index (χ0) is 15.5. The Balaban J connectivity index is 2.37. The van der Waals surface area contributed by atoms with E-state index in [-0.39, 0.29) is 0 Å². The third kappa shape index (κ3) is 7.08. The molecule has 1 rings (SSSR count). The second kappa shape index (κ2) is 10.1. The van der Waals surface area contributed by atoms with Crippen molar-refractivity contribution in [3.05, 3.63) is 12.2 Å². The summed E-state index contributed by atoms with van der Waals surface area (Å²) in [6, 6.07) is 0. The average molecular weight is 295 g/mol. The molecule has 0 aliphatic carbocycles. The predicted octanol–water partition coefficient (Wildman–Crippen LogP) is 0.602. The molecule has 0 aliphatic rings. The van der Waals surface area contributed by atoms with E-state index in [9.17, 15) is 0 Å². The highest BCUT2D eigenvalue weighted by atomic mass is 15.3. The molecular formula is C14H29N7. The van der Waals surface area contributed by atoms with Gasteiger partial charge in [0.2, 0.25) is 0 Å². The first-order valence-electron chi connectivity index (χ1n) is 7.71. The Morgan fingerprint density at radius 1 is 1.33 bits per heavy atom. The number of unbranched alkanes of at least 4 members (excludes halogenated alkanes) is 1. The summed E-state index contributed by atoms with van der Waals surface area (Å²) in [7, 11) is 4.03. The number of guanidine groups is 1. The Kier molecular flexibility index (Phi) is 8.42. The topological polar surface area (TPSA) is 70.4 Å². The number of nitrogens with one attached hydrogen (secondary N) is 2. The van der Waals surface area contributed by atoms with E-state index in [0.29, 0.717) is 6.54 Å². The van der Waals surface area contributed by atoms with Crippen LogP contribution in [0.4, 0.5) is 0 Å². The molecular weight excluding hydrogens is 266 g/mol. The first-order chi connectivity index (χ1) is 10.2. The van der Waals surface area contributed by atoms with E-state index in [4.69, 9.17) is 0 Å². The summed E-state index contributed by atoms with van der Waals surface area (Å²) in [5, 5.41) is 10.6. The van der Waals surface area contributed by atoms with Crippen LogP contribution in [0.15, 0.2) is 11.3 Å². The van der Waals surface area contributed by atoms with Crippen molar-refractivity contribution in [2.45, 2.75) is 33.2 Å². The van der Waals surface area contributed by atoms with Crippen LogP contribution in [0.25, 0.3) is 0 Å². The normalized spacial score (nSPS) is 12.0. The standard InChI is InChI=1S/C14H29N7/c1-5-7-9-20(3)10-8-16-14(15-6-2)17-11-13-18-12-19-21(13)4/h12H,5-11H2,1-4H3,(H2,15,16,17). The maximum Gasteiger partial charge on any atom is 0.191 e. The number of likely N-dealkylation sites (N-methyl/N-ethyl adjacent to an activating group) is 1. The molecule has 0 fully saturated rings. The fourth-order valence-corrected chi connectivity index (χ4v) is 1.86. The third-order valence-electron chi connectivity index (χ3n) is 3.21. The van der Waals surface area contributed by atoms with Gasteiger partial charge < -0.3 is 15.5 Å². The molecule has 0 saturated heterocycles. The summed E-state index contributed by atoms with van der Waals surface area (Å²) in [5.41, 5.74) is 0. The molecule has 1 aromatic rings. The lowest BCUT2D eigenvalue weighted by atomic mass is 10.3. The fraction of sp³-hybridized carbons (Fsp3) is 0.786. The molecule has 0 radical (unpaired) electrons. The summed E-state index contributed by atoms with van der Waals surface area (Å²) < 4.78 is 1.74. The van der Waals surface area contributed by atoms with Crippen LogP contribution in [0.5, 0.6) is 0 Å². The Hall–Kier alpha value is -1.63. The monoisotopic (exact) mass is 295 g/mol. The van der Waals surface area contributed by atoms with Crippen LogP contribution < -0.4 is 10.6 Å². The van der Waals surface area contributed by atoms with Gasteiger partial charge in [0.15, 0.2) is 5.96 Å². The van der Waals surface area contributed by atoms with Crippen LogP contribution in [0.2, 0.25) is 0 Å². The number of aliphatic imine (C=N–C) groups is 1. The van der Waals surface area contributed by atoms with Gasteiger partial charge in [-0.3, -0.25) is 4.68 Å². The van der Waals surface area contributed by atoms with Gasteiger partial charge in [0, 0.05) is 26.7 Å². The smallest absolute Gasteiger partial charge is 0.191 e. The minimum absolute atomic E-state index is 0.525. The van der Waals surface area contributed by atoms with E-state index in [1.165, 1.54) is 12.8 Å². The minimum atomic E-state index is 0.525. The number of hydrogen-bond acceptors (Lipinski definition) is 4. The maximum absolute atomic E-state index is 4.53. The molecule has 7 heteroatoms. The molecule has 21 heavy (non-hydrogen) atoms. The molecule has 2 N–H and O–H groups in total. The van der Waals surface area contributed by atoms with E-state index in [2.05, 4.69) is 51.5 Å². The summed E-state index contributed by atoms with van der Waals surface area (Å²) in [4.78, 5) is 11.0. The third-order valence-corrected chi connectivity index (χ3v) is 3.21. The van der Waals surface area contributed by atoms with Gasteiger partial charge in [-0.15, -0.1) is 0 Å². The van der Waals surface area contributed by atoms with E-state index in [1.54, 1.807) is 11.0 Å². The molecule has 0 bridgehead atoms. The highest BCUT2D eigenvalue weighted by Gasteiger charge is 2.02. The molecule has 0 spiro atoms. The van der Waals surface area contributed by atoms with Gasteiger partial charge in [-0.2, -0.15) is 5.10 Å². The molecule has 0 saturated carbocycles. The van der Waals surface area contributed by atoms with Crippen molar-refractivity contribution in [2.75, 3.05) is 33.2 Å². The predicted molar refractivity (Wildman–Crippen MR) is 86.2 cm³/mol. The van der Waals surface area contributed by atoms with Gasteiger partial charge >= 0.3 is 0 Å². The molecule has 0 amide bonds. The first-order valence-corrected chi connectivity index (χ1v) is 7.71. The Labute approximate surface area is 127 Å². The second-order valence-electron chi connectivity index (χ2n) is 5.08. The van der Waals surface area contributed by atoms with Gasteiger partial charge in [0.05, 0.1) is 0 Å². The molecule has 0 unspecified atom stereocenters. The fourth-order valence-electron chi connectivity index (χ4n) is 1.86. The lowest BCUT2D eigenvalue weighted by molar-refractivity contribution is 0.332. The molecule has 0 aromatic carbocycles. The van der Waals surface area contributed by atoms with Crippen molar-refractivity contribution in [1.82, 2.24) is 30.3 Å². The van der Waals surface area contributed by atoms with Crippen LogP contribution in [-0.2, 0) is 13.6 Å². The molecule has 1 aromatic heterocycles. The number of nitrogens with zero attached hydrogens (tertiary/aromatic N) is 5. The molecule has 120 valence electrons. The Morgan fingerprint density at radius 2 is 2.14 bits per heavy atom. The molecule has 0 aliphatic heterocycles. The van der Waals surface area contributed by atoms with Gasteiger partial charge in [-0.25, -0.2) is 9.98 Å². The van der Waals surface area contributed by atoms with Crippen LogP contribution in [0.1, 0.15) is 32.5 Å². The summed E-state index contributed by atoms with van der Waals surface area (Å²) in [5.74, 6) is 1.68. The van der Waals surface area contributed by atoms with Gasteiger partial charge in [-0.05, 0) is 26.9 Å². The minimum Gasteiger partial charge on any atom is -0.357 e. The SMILES string of the molecule is CCCCN(C)CCNC(=NCc1ncnn1C)NCC.